The average molecular weight is 342 g/mol. The van der Waals surface area contributed by atoms with Gasteiger partial charge >= 0.3 is 6.18 Å². The molecule has 1 aliphatic rings. The first-order valence-electron chi connectivity index (χ1n) is 8.44. The number of carbonyl (C=O) groups is 1. The first kappa shape index (κ1) is 18.8. The van der Waals surface area contributed by atoms with E-state index in [2.05, 4.69) is 5.32 Å². The van der Waals surface area contributed by atoms with Crippen LogP contribution >= 0.6 is 0 Å². The minimum Gasteiger partial charge on any atom is -0.335 e. The Morgan fingerprint density at radius 3 is 2.50 bits per heavy atom. The van der Waals surface area contributed by atoms with Crippen molar-refractivity contribution in [2.24, 2.45) is 5.92 Å². The SMILES string of the molecule is CNCC(C)C(=O)N(Cc1ccccc1C(F)(F)F)C1CCCC1. The van der Waals surface area contributed by atoms with Crippen LogP contribution in [0.25, 0.3) is 0 Å². The molecule has 134 valence electrons. The van der Waals surface area contributed by atoms with E-state index >= 15 is 0 Å². The molecule has 2 rings (SSSR count). The number of nitrogens with one attached hydrogen (secondary N) is 1. The van der Waals surface area contributed by atoms with Crippen molar-refractivity contribution in [2.75, 3.05) is 13.6 Å². The smallest absolute Gasteiger partial charge is 0.335 e. The quantitative estimate of drug-likeness (QED) is 0.852. The van der Waals surface area contributed by atoms with Crippen LogP contribution in [0.5, 0.6) is 0 Å². The first-order valence-corrected chi connectivity index (χ1v) is 8.44. The molecule has 0 bridgehead atoms. The van der Waals surface area contributed by atoms with Crippen molar-refractivity contribution in [1.29, 1.82) is 0 Å². The second-order valence-corrected chi connectivity index (χ2v) is 6.52. The predicted molar refractivity (Wildman–Crippen MR) is 87.3 cm³/mol. The zero-order valence-corrected chi connectivity index (χ0v) is 14.2. The Labute approximate surface area is 141 Å². The molecule has 1 N–H and O–H groups in total. The molecule has 1 aromatic rings. The third-order valence-corrected chi connectivity index (χ3v) is 4.64. The number of rotatable bonds is 6. The summed E-state index contributed by atoms with van der Waals surface area (Å²) < 4.78 is 39.7. The fourth-order valence-corrected chi connectivity index (χ4v) is 3.40. The summed E-state index contributed by atoms with van der Waals surface area (Å²) in [5.74, 6) is -0.332. The van der Waals surface area contributed by atoms with Gasteiger partial charge in [-0.15, -0.1) is 0 Å². The fourth-order valence-electron chi connectivity index (χ4n) is 3.40. The van der Waals surface area contributed by atoms with Gasteiger partial charge in [-0.25, -0.2) is 0 Å². The van der Waals surface area contributed by atoms with Crippen molar-refractivity contribution in [3.05, 3.63) is 35.4 Å². The Hall–Kier alpha value is -1.56. The van der Waals surface area contributed by atoms with E-state index in [1.807, 2.05) is 6.92 Å². The molecule has 0 spiro atoms. The van der Waals surface area contributed by atoms with Crippen LogP contribution < -0.4 is 5.32 Å². The van der Waals surface area contributed by atoms with Gasteiger partial charge in [0.15, 0.2) is 0 Å². The normalized spacial score (nSPS) is 17.0. The molecule has 1 fully saturated rings. The van der Waals surface area contributed by atoms with Crippen molar-refractivity contribution in [2.45, 2.75) is 51.4 Å². The molecule has 1 unspecified atom stereocenters. The van der Waals surface area contributed by atoms with Crippen LogP contribution in [-0.2, 0) is 17.5 Å². The number of halogens is 3. The Bertz CT molecular complexity index is 553. The van der Waals surface area contributed by atoms with Gasteiger partial charge < -0.3 is 10.2 Å². The summed E-state index contributed by atoms with van der Waals surface area (Å²) in [6, 6.07) is 5.58. The molecular formula is C18H25F3N2O. The number of alkyl halides is 3. The molecule has 1 saturated carbocycles. The van der Waals surface area contributed by atoms with Gasteiger partial charge in [0.1, 0.15) is 0 Å². The Morgan fingerprint density at radius 1 is 1.29 bits per heavy atom. The van der Waals surface area contributed by atoms with Gasteiger partial charge in [-0.2, -0.15) is 13.2 Å². The van der Waals surface area contributed by atoms with Crippen LogP contribution in [-0.4, -0.2) is 30.4 Å². The first-order chi connectivity index (χ1) is 11.3. The second kappa shape index (κ2) is 8.01. The van der Waals surface area contributed by atoms with E-state index in [0.717, 1.165) is 31.7 Å². The summed E-state index contributed by atoms with van der Waals surface area (Å²) in [5, 5.41) is 2.97. The van der Waals surface area contributed by atoms with Gasteiger partial charge in [-0.1, -0.05) is 38.0 Å². The maximum Gasteiger partial charge on any atom is 0.416 e. The molecule has 0 aromatic heterocycles. The third-order valence-electron chi connectivity index (χ3n) is 4.64. The summed E-state index contributed by atoms with van der Waals surface area (Å²) >= 11 is 0. The number of carbonyl (C=O) groups excluding carboxylic acids is 1. The lowest BCUT2D eigenvalue weighted by Gasteiger charge is -2.32. The highest BCUT2D eigenvalue weighted by Gasteiger charge is 2.35. The summed E-state index contributed by atoms with van der Waals surface area (Å²) in [6.07, 6.45) is -0.623. The van der Waals surface area contributed by atoms with Crippen LogP contribution in [0.1, 0.15) is 43.7 Å². The predicted octanol–water partition coefficient (Wildman–Crippen LogP) is 3.83. The molecule has 1 atom stereocenters. The van der Waals surface area contributed by atoms with E-state index in [1.165, 1.54) is 12.1 Å². The lowest BCUT2D eigenvalue weighted by atomic mass is 10.0. The Kier molecular flexibility index (Phi) is 6.27. The molecule has 1 aromatic carbocycles. The van der Waals surface area contributed by atoms with Crippen LogP contribution in [0.4, 0.5) is 13.2 Å². The molecule has 24 heavy (non-hydrogen) atoms. The molecule has 0 saturated heterocycles. The van der Waals surface area contributed by atoms with Crippen LogP contribution in [0, 0.1) is 5.92 Å². The summed E-state index contributed by atoms with van der Waals surface area (Å²) in [6.45, 7) is 2.35. The van der Waals surface area contributed by atoms with Crippen molar-refractivity contribution < 1.29 is 18.0 Å². The van der Waals surface area contributed by atoms with Gasteiger partial charge in [0.2, 0.25) is 5.91 Å². The maximum absolute atomic E-state index is 13.2. The van der Waals surface area contributed by atoms with Crippen molar-refractivity contribution in [3.8, 4) is 0 Å². The number of hydrogen-bond donors (Lipinski definition) is 1. The zero-order valence-electron chi connectivity index (χ0n) is 14.2. The zero-order chi connectivity index (χ0) is 17.7. The lowest BCUT2D eigenvalue weighted by molar-refractivity contribution is -0.142. The number of amides is 1. The fraction of sp³-hybridized carbons (Fsp3) is 0.611. The molecule has 6 heteroatoms. The third kappa shape index (κ3) is 4.50. The van der Waals surface area contributed by atoms with Crippen molar-refractivity contribution in [1.82, 2.24) is 10.2 Å². The molecule has 0 aliphatic heterocycles. The Balaban J connectivity index is 2.27. The maximum atomic E-state index is 13.2. The number of benzene rings is 1. The molecule has 0 heterocycles. The van der Waals surface area contributed by atoms with Crippen LogP contribution in [0.3, 0.4) is 0 Å². The van der Waals surface area contributed by atoms with E-state index in [1.54, 1.807) is 18.0 Å². The number of hydrogen-bond acceptors (Lipinski definition) is 2. The van der Waals surface area contributed by atoms with Crippen LogP contribution in [0.2, 0.25) is 0 Å². The molecule has 1 aliphatic carbocycles. The summed E-state index contributed by atoms with van der Waals surface area (Å²) in [7, 11) is 1.77. The lowest BCUT2D eigenvalue weighted by Crippen LogP contribution is -2.43. The Morgan fingerprint density at radius 2 is 1.92 bits per heavy atom. The highest BCUT2D eigenvalue weighted by molar-refractivity contribution is 5.79. The van der Waals surface area contributed by atoms with E-state index in [4.69, 9.17) is 0 Å². The van der Waals surface area contributed by atoms with Crippen molar-refractivity contribution in [3.63, 3.8) is 0 Å². The second-order valence-electron chi connectivity index (χ2n) is 6.52. The summed E-state index contributed by atoms with van der Waals surface area (Å²) in [5.41, 5.74) is -0.482. The standard InChI is InChI=1S/C18H25F3N2O/c1-13(11-22-2)17(24)23(15-8-4-5-9-15)12-14-7-3-6-10-16(14)18(19,20)21/h3,6-7,10,13,15,22H,4-5,8-9,11-12H2,1-2H3. The molecule has 3 nitrogen and oxygen atoms in total. The highest BCUT2D eigenvalue weighted by atomic mass is 19.4. The minimum absolute atomic E-state index is 0.0211. The summed E-state index contributed by atoms with van der Waals surface area (Å²) in [4.78, 5) is 14.5. The van der Waals surface area contributed by atoms with Crippen molar-refractivity contribution >= 4 is 5.91 Å². The van der Waals surface area contributed by atoms with Gasteiger partial charge in [0.25, 0.3) is 0 Å². The van der Waals surface area contributed by atoms with Crippen LogP contribution in [0.15, 0.2) is 24.3 Å². The minimum atomic E-state index is -4.41. The number of nitrogens with zero attached hydrogens (tertiary/aromatic N) is 1. The topological polar surface area (TPSA) is 32.3 Å². The van der Waals surface area contributed by atoms with Gasteiger partial charge in [-0.05, 0) is 31.5 Å². The molecule has 0 radical (unpaired) electrons. The monoisotopic (exact) mass is 342 g/mol. The molecular weight excluding hydrogens is 317 g/mol. The van der Waals surface area contributed by atoms with E-state index in [0.29, 0.717) is 6.54 Å². The van der Waals surface area contributed by atoms with Gasteiger partial charge in [-0.3, -0.25) is 4.79 Å². The van der Waals surface area contributed by atoms with Gasteiger partial charge in [0, 0.05) is 25.0 Å². The highest BCUT2D eigenvalue weighted by Crippen LogP contribution is 2.34. The molecule has 1 amide bonds. The van der Waals surface area contributed by atoms with E-state index < -0.39 is 11.7 Å². The van der Waals surface area contributed by atoms with E-state index in [-0.39, 0.29) is 30.0 Å². The largest absolute Gasteiger partial charge is 0.416 e. The van der Waals surface area contributed by atoms with E-state index in [9.17, 15) is 18.0 Å². The van der Waals surface area contributed by atoms with Gasteiger partial charge in [0.05, 0.1) is 5.56 Å². The average Bonchev–Trinajstić information content (AvgIpc) is 3.05.